The van der Waals surface area contributed by atoms with Gasteiger partial charge in [-0.15, -0.1) is 0 Å². The standard InChI is InChI=1S/C15H25NO6/c1-14(2)19-8-10(20-14)13-12(21-15(3,4)22-13)9(16)6-7-11(17)18-5/h6-7,9-10,12-13H,8,16H2,1-5H3/b7-6+/t9-,10-,12-,13-/m1/s1. The molecule has 2 aliphatic heterocycles. The quantitative estimate of drug-likeness (QED) is 0.604. The summed E-state index contributed by atoms with van der Waals surface area (Å²) in [4.78, 5) is 11.2. The van der Waals surface area contributed by atoms with Gasteiger partial charge < -0.3 is 29.4 Å². The molecule has 2 rings (SSSR count). The van der Waals surface area contributed by atoms with Crippen LogP contribution in [-0.2, 0) is 28.5 Å². The van der Waals surface area contributed by atoms with Gasteiger partial charge in [0.25, 0.3) is 0 Å². The third kappa shape index (κ3) is 4.05. The minimum absolute atomic E-state index is 0.278. The molecule has 0 amide bonds. The minimum atomic E-state index is -0.776. The van der Waals surface area contributed by atoms with Gasteiger partial charge in [-0.3, -0.25) is 0 Å². The predicted molar refractivity (Wildman–Crippen MR) is 77.9 cm³/mol. The lowest BCUT2D eigenvalue weighted by molar-refractivity contribution is -0.174. The lowest BCUT2D eigenvalue weighted by Gasteiger charge is -2.25. The number of methoxy groups -OCH3 is 1. The zero-order chi connectivity index (χ0) is 16.5. The summed E-state index contributed by atoms with van der Waals surface area (Å²) >= 11 is 0. The molecule has 0 aliphatic carbocycles. The average Bonchev–Trinajstić information content (AvgIpc) is 2.94. The molecule has 0 saturated carbocycles. The molecule has 2 N–H and O–H groups in total. The summed E-state index contributed by atoms with van der Waals surface area (Å²) in [6.07, 6.45) is 1.73. The Labute approximate surface area is 130 Å². The molecule has 7 heteroatoms. The summed E-state index contributed by atoms with van der Waals surface area (Å²) in [5.74, 6) is -1.90. The highest BCUT2D eigenvalue weighted by atomic mass is 16.8. The normalized spacial score (nSPS) is 34.9. The SMILES string of the molecule is COC(=O)/C=C/[C@@H](N)[C@H]1OC(C)(C)O[C@@H]1[C@H]1COC(C)(C)O1. The molecule has 0 aromatic heterocycles. The Morgan fingerprint density at radius 3 is 2.45 bits per heavy atom. The van der Waals surface area contributed by atoms with E-state index in [0.717, 1.165) is 0 Å². The van der Waals surface area contributed by atoms with Gasteiger partial charge in [0.05, 0.1) is 19.8 Å². The summed E-state index contributed by atoms with van der Waals surface area (Å²) in [6.45, 7) is 7.73. The van der Waals surface area contributed by atoms with Gasteiger partial charge in [-0.1, -0.05) is 6.08 Å². The van der Waals surface area contributed by atoms with Crippen LogP contribution < -0.4 is 5.73 Å². The lowest BCUT2D eigenvalue weighted by Crippen LogP contribution is -2.46. The van der Waals surface area contributed by atoms with Crippen LogP contribution in [0, 0.1) is 0 Å². The van der Waals surface area contributed by atoms with Crippen molar-refractivity contribution in [2.75, 3.05) is 13.7 Å². The van der Waals surface area contributed by atoms with Gasteiger partial charge in [-0.2, -0.15) is 0 Å². The predicted octanol–water partition coefficient (Wildman–Crippen LogP) is 0.715. The van der Waals surface area contributed by atoms with Crippen LogP contribution in [0.1, 0.15) is 27.7 Å². The van der Waals surface area contributed by atoms with Gasteiger partial charge in [-0.05, 0) is 27.7 Å². The van der Waals surface area contributed by atoms with Gasteiger partial charge in [0.2, 0.25) is 0 Å². The number of carbonyl (C=O) groups excluding carboxylic acids is 1. The van der Waals surface area contributed by atoms with Crippen molar-refractivity contribution in [1.29, 1.82) is 0 Å². The van der Waals surface area contributed by atoms with Gasteiger partial charge in [0, 0.05) is 6.08 Å². The van der Waals surface area contributed by atoms with Crippen LogP contribution in [0.5, 0.6) is 0 Å². The van der Waals surface area contributed by atoms with Crippen molar-refractivity contribution in [3.05, 3.63) is 12.2 Å². The van der Waals surface area contributed by atoms with Gasteiger partial charge in [0.1, 0.15) is 18.3 Å². The van der Waals surface area contributed by atoms with E-state index >= 15 is 0 Å². The number of rotatable bonds is 4. The second kappa shape index (κ2) is 6.25. The molecular weight excluding hydrogens is 290 g/mol. The van der Waals surface area contributed by atoms with Crippen molar-refractivity contribution >= 4 is 5.97 Å². The number of carbonyl (C=O) groups is 1. The first-order valence-corrected chi connectivity index (χ1v) is 7.33. The van der Waals surface area contributed by atoms with E-state index in [0.29, 0.717) is 6.61 Å². The molecule has 22 heavy (non-hydrogen) atoms. The first kappa shape index (κ1) is 17.4. The maximum atomic E-state index is 11.2. The van der Waals surface area contributed by atoms with Crippen molar-refractivity contribution in [2.24, 2.45) is 5.73 Å². The van der Waals surface area contributed by atoms with Crippen LogP contribution >= 0.6 is 0 Å². The molecule has 2 aliphatic rings. The molecule has 0 spiro atoms. The highest BCUT2D eigenvalue weighted by Crippen LogP contribution is 2.36. The van der Waals surface area contributed by atoms with E-state index in [2.05, 4.69) is 4.74 Å². The van der Waals surface area contributed by atoms with Crippen LogP contribution in [-0.4, -0.2) is 55.6 Å². The van der Waals surface area contributed by atoms with Crippen molar-refractivity contribution in [3.63, 3.8) is 0 Å². The zero-order valence-electron chi connectivity index (χ0n) is 13.7. The summed E-state index contributed by atoms with van der Waals surface area (Å²) in [5, 5.41) is 0. The molecule has 2 heterocycles. The smallest absolute Gasteiger partial charge is 0.330 e. The third-order valence-electron chi connectivity index (χ3n) is 3.60. The van der Waals surface area contributed by atoms with Crippen LogP contribution in [0.4, 0.5) is 0 Å². The molecule has 2 saturated heterocycles. The molecule has 4 atom stereocenters. The fraction of sp³-hybridized carbons (Fsp3) is 0.800. The maximum Gasteiger partial charge on any atom is 0.330 e. The highest BCUT2D eigenvalue weighted by Gasteiger charge is 2.51. The van der Waals surface area contributed by atoms with E-state index < -0.39 is 29.7 Å². The Morgan fingerprint density at radius 1 is 1.23 bits per heavy atom. The van der Waals surface area contributed by atoms with E-state index in [4.69, 9.17) is 24.7 Å². The highest BCUT2D eigenvalue weighted by molar-refractivity contribution is 5.81. The Kier molecular flexibility index (Phi) is 4.93. The fourth-order valence-corrected chi connectivity index (χ4v) is 2.65. The van der Waals surface area contributed by atoms with Crippen LogP contribution in [0.25, 0.3) is 0 Å². The molecule has 0 unspecified atom stereocenters. The number of hydrogen-bond donors (Lipinski definition) is 1. The Bertz CT molecular complexity index is 447. The second-order valence-corrected chi connectivity index (χ2v) is 6.39. The number of esters is 1. The van der Waals surface area contributed by atoms with Crippen LogP contribution in [0.2, 0.25) is 0 Å². The summed E-state index contributed by atoms with van der Waals surface area (Å²) in [5.41, 5.74) is 6.13. The molecule has 7 nitrogen and oxygen atoms in total. The lowest BCUT2D eigenvalue weighted by atomic mass is 10.0. The summed E-state index contributed by atoms with van der Waals surface area (Å²) < 4.78 is 27.8. The van der Waals surface area contributed by atoms with Crippen molar-refractivity contribution in [2.45, 2.75) is 63.6 Å². The molecule has 0 aromatic rings. The van der Waals surface area contributed by atoms with Crippen LogP contribution in [0.15, 0.2) is 12.2 Å². The first-order valence-electron chi connectivity index (χ1n) is 7.33. The Balaban J connectivity index is 2.10. The molecule has 0 aromatic carbocycles. The fourth-order valence-electron chi connectivity index (χ4n) is 2.65. The molecule has 0 radical (unpaired) electrons. The third-order valence-corrected chi connectivity index (χ3v) is 3.60. The first-order chi connectivity index (χ1) is 10.1. The van der Waals surface area contributed by atoms with Crippen LogP contribution in [0.3, 0.4) is 0 Å². The Hall–Kier alpha value is -0.990. The van der Waals surface area contributed by atoms with Gasteiger partial charge in [0.15, 0.2) is 11.6 Å². The van der Waals surface area contributed by atoms with E-state index in [9.17, 15) is 4.79 Å². The monoisotopic (exact) mass is 315 g/mol. The van der Waals surface area contributed by atoms with E-state index in [-0.39, 0.29) is 12.2 Å². The summed E-state index contributed by atoms with van der Waals surface area (Å²) in [6, 6.07) is -0.529. The van der Waals surface area contributed by atoms with E-state index in [1.165, 1.54) is 13.2 Å². The molecule has 126 valence electrons. The van der Waals surface area contributed by atoms with Crippen molar-refractivity contribution in [3.8, 4) is 0 Å². The van der Waals surface area contributed by atoms with Gasteiger partial charge >= 0.3 is 5.97 Å². The largest absolute Gasteiger partial charge is 0.466 e. The van der Waals surface area contributed by atoms with Gasteiger partial charge in [-0.25, -0.2) is 4.79 Å². The Morgan fingerprint density at radius 2 is 1.91 bits per heavy atom. The minimum Gasteiger partial charge on any atom is -0.466 e. The number of nitrogens with two attached hydrogens (primary N) is 1. The topological polar surface area (TPSA) is 89.2 Å². The zero-order valence-corrected chi connectivity index (χ0v) is 13.7. The van der Waals surface area contributed by atoms with E-state index in [1.54, 1.807) is 6.08 Å². The average molecular weight is 315 g/mol. The molecule has 2 fully saturated rings. The summed E-state index contributed by atoms with van der Waals surface area (Å²) in [7, 11) is 1.31. The molecule has 0 bridgehead atoms. The second-order valence-electron chi connectivity index (χ2n) is 6.39. The maximum absolute atomic E-state index is 11.2. The number of hydrogen-bond acceptors (Lipinski definition) is 7. The number of ether oxygens (including phenoxy) is 5. The van der Waals surface area contributed by atoms with Crippen molar-refractivity contribution < 1.29 is 28.5 Å². The molecular formula is C15H25NO6. The van der Waals surface area contributed by atoms with E-state index in [1.807, 2.05) is 27.7 Å². The van der Waals surface area contributed by atoms with Crippen molar-refractivity contribution in [1.82, 2.24) is 0 Å².